The number of rotatable bonds is 0. The van der Waals surface area contributed by atoms with Crippen LogP contribution < -0.4 is 0 Å². The molecule has 0 bridgehead atoms. The van der Waals surface area contributed by atoms with Gasteiger partial charge in [-0.25, -0.2) is 0 Å². The molecule has 0 heterocycles. The molecule has 0 aliphatic rings. The molecule has 2 heteroatoms. The standard InChI is InChI=1S/C4H9O.Sn/c1-4(2,3)5;/h1-3H3;/q-1;+1. The van der Waals surface area contributed by atoms with Crippen LogP contribution in [0.15, 0.2) is 0 Å². The summed E-state index contributed by atoms with van der Waals surface area (Å²) in [7, 11) is 0. The summed E-state index contributed by atoms with van der Waals surface area (Å²) in [5.41, 5.74) is 0.0817. The molecule has 0 aromatic rings. The molecule has 1 nitrogen and oxygen atoms in total. The van der Waals surface area contributed by atoms with Crippen LogP contribution >= 0.6 is 0 Å². The van der Waals surface area contributed by atoms with Crippen molar-refractivity contribution in [3.05, 3.63) is 0 Å². The summed E-state index contributed by atoms with van der Waals surface area (Å²) >= 11 is 1.15. The Morgan fingerprint density at radius 3 is 1.50 bits per heavy atom. The van der Waals surface area contributed by atoms with Crippen LogP contribution in [0.5, 0.6) is 0 Å². The fourth-order valence-electron chi connectivity index (χ4n) is 0. The minimum absolute atomic E-state index is 0.0817. The van der Waals surface area contributed by atoms with Crippen molar-refractivity contribution in [3.63, 3.8) is 0 Å². The first-order valence-electron chi connectivity index (χ1n) is 1.91. The van der Waals surface area contributed by atoms with Gasteiger partial charge in [-0.3, -0.25) is 0 Å². The van der Waals surface area contributed by atoms with E-state index in [4.69, 9.17) is 3.07 Å². The molecule has 0 atom stereocenters. The number of hydrogen-bond donors (Lipinski definition) is 0. The molecule has 35 valence electrons. The fourth-order valence-corrected chi connectivity index (χ4v) is 0. The summed E-state index contributed by atoms with van der Waals surface area (Å²) in [6.45, 7) is 6.13. The van der Waals surface area contributed by atoms with Crippen LogP contribution in [0.25, 0.3) is 0 Å². The molecule has 0 N–H and O–H groups in total. The van der Waals surface area contributed by atoms with E-state index in [0.717, 1.165) is 22.9 Å². The van der Waals surface area contributed by atoms with E-state index in [2.05, 4.69) is 0 Å². The fraction of sp³-hybridized carbons (Fsp3) is 1.00. The molecule has 0 aromatic heterocycles. The molecular formula is C4H9OSn. The Morgan fingerprint density at radius 1 is 1.33 bits per heavy atom. The normalized spacial score (nSPS) is 12.0. The second kappa shape index (κ2) is 2.17. The maximum absolute atomic E-state index is 5.03. The number of hydrogen-bond acceptors (Lipinski definition) is 1. The summed E-state index contributed by atoms with van der Waals surface area (Å²) < 4.78 is 5.03. The Kier molecular flexibility index (Phi) is 2.44. The molecule has 3 radical (unpaired) electrons. The van der Waals surface area contributed by atoms with Crippen molar-refractivity contribution < 1.29 is 3.07 Å². The van der Waals surface area contributed by atoms with E-state index in [-0.39, 0.29) is 5.60 Å². The van der Waals surface area contributed by atoms with Crippen molar-refractivity contribution in [2.45, 2.75) is 26.4 Å². The summed E-state index contributed by atoms with van der Waals surface area (Å²) in [4.78, 5) is 0. The van der Waals surface area contributed by atoms with Crippen molar-refractivity contribution >= 4 is 22.9 Å². The van der Waals surface area contributed by atoms with Crippen LogP contribution in [0, 0.1) is 0 Å². The Morgan fingerprint density at radius 2 is 1.50 bits per heavy atom. The molecule has 0 aliphatic carbocycles. The molecule has 0 spiro atoms. The third-order valence-corrected chi connectivity index (χ3v) is 2.05. The first-order chi connectivity index (χ1) is 2.56. The second-order valence-electron chi connectivity index (χ2n) is 2.21. The van der Waals surface area contributed by atoms with Crippen LogP contribution in [0.2, 0.25) is 0 Å². The molecule has 0 rings (SSSR count). The molecule has 0 fully saturated rings. The van der Waals surface area contributed by atoms with Gasteiger partial charge in [0.1, 0.15) is 0 Å². The minimum atomic E-state index is 0.0817. The SMILES string of the molecule is CC(C)(C)[O][Sn]. The van der Waals surface area contributed by atoms with E-state index in [0.29, 0.717) is 0 Å². The predicted octanol–water partition coefficient (Wildman–Crippen LogP) is 0.885. The van der Waals surface area contributed by atoms with Gasteiger partial charge >= 0.3 is 52.4 Å². The Labute approximate surface area is 52.7 Å². The van der Waals surface area contributed by atoms with Crippen molar-refractivity contribution in [3.8, 4) is 0 Å². The van der Waals surface area contributed by atoms with Gasteiger partial charge in [-0.15, -0.1) is 0 Å². The van der Waals surface area contributed by atoms with Gasteiger partial charge in [-0.2, -0.15) is 0 Å². The first-order valence-corrected chi connectivity index (χ1v) is 3.07. The van der Waals surface area contributed by atoms with E-state index in [1.165, 1.54) is 0 Å². The van der Waals surface area contributed by atoms with E-state index in [9.17, 15) is 0 Å². The van der Waals surface area contributed by atoms with Crippen LogP contribution in [-0.2, 0) is 3.07 Å². The molecule has 0 aliphatic heterocycles. The quantitative estimate of drug-likeness (QED) is 0.517. The Hall–Kier alpha value is 0.759. The van der Waals surface area contributed by atoms with E-state index < -0.39 is 0 Å². The third-order valence-electron chi connectivity index (χ3n) is 0.306. The monoisotopic (exact) mass is 193 g/mol. The molecule has 0 saturated carbocycles. The van der Waals surface area contributed by atoms with Gasteiger partial charge in [0.25, 0.3) is 0 Å². The average molecular weight is 192 g/mol. The third kappa shape index (κ3) is 4.76. The molecule has 0 amide bonds. The zero-order valence-electron chi connectivity index (χ0n) is 4.41. The van der Waals surface area contributed by atoms with Crippen molar-refractivity contribution in [1.29, 1.82) is 0 Å². The van der Waals surface area contributed by atoms with Crippen LogP contribution in [0.1, 0.15) is 20.8 Å². The molecule has 0 saturated heterocycles. The Balaban J connectivity index is 3.17. The summed E-state index contributed by atoms with van der Waals surface area (Å²) in [5, 5.41) is 0. The molecule has 0 aromatic carbocycles. The van der Waals surface area contributed by atoms with Crippen molar-refractivity contribution in [1.82, 2.24) is 0 Å². The summed E-state index contributed by atoms with van der Waals surface area (Å²) in [6.07, 6.45) is 0. The van der Waals surface area contributed by atoms with Gasteiger partial charge in [0, 0.05) is 0 Å². The van der Waals surface area contributed by atoms with Gasteiger partial charge in [0.2, 0.25) is 0 Å². The first kappa shape index (κ1) is 6.76. The van der Waals surface area contributed by atoms with Gasteiger partial charge < -0.3 is 0 Å². The predicted molar refractivity (Wildman–Crippen MR) is 26.6 cm³/mol. The summed E-state index contributed by atoms with van der Waals surface area (Å²) in [5.74, 6) is 0. The molecule has 0 unspecified atom stereocenters. The maximum atomic E-state index is 5.03. The summed E-state index contributed by atoms with van der Waals surface area (Å²) in [6, 6.07) is 0. The van der Waals surface area contributed by atoms with Gasteiger partial charge in [-0.05, 0) is 0 Å². The zero-order valence-corrected chi connectivity index (χ0v) is 7.26. The van der Waals surface area contributed by atoms with E-state index in [1.54, 1.807) is 0 Å². The van der Waals surface area contributed by atoms with E-state index >= 15 is 0 Å². The topological polar surface area (TPSA) is 9.23 Å². The van der Waals surface area contributed by atoms with Crippen molar-refractivity contribution in [2.24, 2.45) is 0 Å². The molecular weight excluding hydrogens is 183 g/mol. The van der Waals surface area contributed by atoms with Crippen LogP contribution in [0.3, 0.4) is 0 Å². The second-order valence-corrected chi connectivity index (χ2v) is 2.80. The van der Waals surface area contributed by atoms with E-state index in [1.807, 2.05) is 20.8 Å². The van der Waals surface area contributed by atoms with Gasteiger partial charge in [0.15, 0.2) is 0 Å². The van der Waals surface area contributed by atoms with Gasteiger partial charge in [-0.1, -0.05) is 0 Å². The average Bonchev–Trinajstić information content (AvgIpc) is 1.35. The van der Waals surface area contributed by atoms with Gasteiger partial charge in [0.05, 0.1) is 0 Å². The Bertz CT molecular complexity index is 37.3. The van der Waals surface area contributed by atoms with Crippen LogP contribution in [0.4, 0.5) is 0 Å². The van der Waals surface area contributed by atoms with Crippen LogP contribution in [-0.4, -0.2) is 28.5 Å². The zero-order chi connectivity index (χ0) is 5.21. The van der Waals surface area contributed by atoms with Crippen molar-refractivity contribution in [2.75, 3.05) is 0 Å². The molecule has 6 heavy (non-hydrogen) atoms.